The summed E-state index contributed by atoms with van der Waals surface area (Å²) < 4.78 is 0. The van der Waals surface area contributed by atoms with Crippen molar-refractivity contribution in [1.29, 1.82) is 0 Å². The van der Waals surface area contributed by atoms with Gasteiger partial charge in [-0.15, -0.1) is 0 Å². The third-order valence-corrected chi connectivity index (χ3v) is 9.69. The molecule has 0 spiro atoms. The fraction of sp³-hybridized carbons (Fsp3) is 0.600. The summed E-state index contributed by atoms with van der Waals surface area (Å²) in [6, 6.07) is 10.2. The molecule has 0 saturated heterocycles. The minimum Gasteiger partial charge on any atom is -0.326 e. The third kappa shape index (κ3) is 18.4. The van der Waals surface area contributed by atoms with E-state index in [9.17, 15) is 28.8 Å². The van der Waals surface area contributed by atoms with Crippen molar-refractivity contribution in [2.45, 2.75) is 149 Å². The summed E-state index contributed by atoms with van der Waals surface area (Å²) in [5.41, 5.74) is 1.30. The second-order valence-electron chi connectivity index (χ2n) is 19.1. The van der Waals surface area contributed by atoms with Gasteiger partial charge in [0, 0.05) is 69.6 Å². The van der Waals surface area contributed by atoms with Gasteiger partial charge in [-0.2, -0.15) is 0 Å². The first-order valence-corrected chi connectivity index (χ1v) is 20.1. The minimum absolute atomic E-state index is 0.117. The molecule has 2 aromatic carbocycles. The molecule has 57 heavy (non-hydrogen) atoms. The van der Waals surface area contributed by atoms with Crippen LogP contribution < -0.4 is 31.9 Å². The van der Waals surface area contributed by atoms with Crippen LogP contribution in [0.4, 0.5) is 34.1 Å². The van der Waals surface area contributed by atoms with Gasteiger partial charge >= 0.3 is 0 Å². The van der Waals surface area contributed by atoms with Crippen molar-refractivity contribution >= 4 is 69.6 Å². The largest absolute Gasteiger partial charge is 0.326 e. The predicted molar refractivity (Wildman–Crippen MR) is 235 cm³/mol. The summed E-state index contributed by atoms with van der Waals surface area (Å²) in [6.45, 7) is 30.8. The summed E-state index contributed by atoms with van der Waals surface area (Å²) in [6.07, 6.45) is 3.14. The molecule has 0 aliphatic heterocycles. The van der Waals surface area contributed by atoms with E-state index >= 15 is 0 Å². The van der Waals surface area contributed by atoms with Crippen LogP contribution >= 0.6 is 0 Å². The molecule has 12 heteroatoms. The number of anilines is 6. The van der Waals surface area contributed by atoms with Crippen LogP contribution in [0.3, 0.4) is 0 Å². The first-order valence-electron chi connectivity index (χ1n) is 20.1. The second-order valence-corrected chi connectivity index (χ2v) is 19.1. The second kappa shape index (κ2) is 20.6. The summed E-state index contributed by atoms with van der Waals surface area (Å²) in [4.78, 5) is 74.2. The zero-order chi connectivity index (χ0) is 44.2. The average molecular weight is 793 g/mol. The van der Waals surface area contributed by atoms with Gasteiger partial charge in [0.2, 0.25) is 35.4 Å². The molecule has 2 rings (SSSR count). The average Bonchev–Trinajstić information content (AvgIpc) is 3.06. The van der Waals surface area contributed by atoms with Crippen molar-refractivity contribution in [3.63, 3.8) is 0 Å². The highest BCUT2D eigenvalue weighted by atomic mass is 16.2. The lowest BCUT2D eigenvalue weighted by Crippen LogP contribution is -2.32. The maximum absolute atomic E-state index is 12.7. The Balaban J connectivity index is 0.000000573. The topological polar surface area (TPSA) is 175 Å². The standard InChI is InChI=1S/C24H39N3O3.C21H33N3O3/c1-10-22(4,5)19(28)25-16-13-17(26-20(29)23(6,7)11-2)15-18(14-16)27-21(30)24(8,9)12-3;1-8-17(25)22-14-9-15(23-18(26)12-20(2,3)4)11-16(10-14)24-19(27)13-21(5,6)7/h13-15H,10-12H2,1-9H3,(H,25,28)(H,26,29)(H,27,30);9-11H,8,12-13H2,1-7H3,(H,22,25)(H,23,26)(H,24,27). The number of benzene rings is 2. The highest BCUT2D eigenvalue weighted by Crippen LogP contribution is 2.31. The third-order valence-electron chi connectivity index (χ3n) is 9.69. The number of amides is 6. The van der Waals surface area contributed by atoms with Crippen LogP contribution in [-0.4, -0.2) is 35.4 Å². The molecule has 0 atom stereocenters. The highest BCUT2D eigenvalue weighted by Gasteiger charge is 2.29. The zero-order valence-electron chi connectivity index (χ0n) is 37.7. The van der Waals surface area contributed by atoms with Crippen LogP contribution in [-0.2, 0) is 28.8 Å². The van der Waals surface area contributed by atoms with E-state index in [1.807, 2.05) is 104 Å². The molecule has 2 aromatic rings. The fourth-order valence-electron chi connectivity index (χ4n) is 4.69. The van der Waals surface area contributed by atoms with Crippen molar-refractivity contribution < 1.29 is 28.8 Å². The SMILES string of the molecule is CCC(=O)Nc1cc(NC(=O)CC(C)(C)C)cc(NC(=O)CC(C)(C)C)c1.CCC(C)(C)C(=O)Nc1cc(NC(=O)C(C)(C)CC)cc(NC(=O)C(C)(C)CC)c1. The number of nitrogens with one attached hydrogen (secondary N) is 6. The molecule has 0 saturated carbocycles. The molecule has 0 bridgehead atoms. The Labute approximate surface area is 342 Å². The van der Waals surface area contributed by atoms with Gasteiger partial charge in [-0.05, 0) is 66.5 Å². The van der Waals surface area contributed by atoms with Gasteiger partial charge in [-0.3, -0.25) is 28.8 Å². The summed E-state index contributed by atoms with van der Waals surface area (Å²) in [7, 11) is 0. The van der Waals surface area contributed by atoms with Crippen molar-refractivity contribution in [3.05, 3.63) is 36.4 Å². The Bertz CT molecular complexity index is 1580. The molecule has 12 nitrogen and oxygen atoms in total. The number of carbonyl (C=O) groups excluding carboxylic acids is 6. The maximum Gasteiger partial charge on any atom is 0.230 e. The van der Waals surface area contributed by atoms with Crippen LogP contribution in [0.2, 0.25) is 0 Å². The Hall–Kier alpha value is -4.74. The molecule has 0 aromatic heterocycles. The number of hydrogen-bond acceptors (Lipinski definition) is 6. The van der Waals surface area contributed by atoms with Crippen LogP contribution in [0, 0.1) is 27.1 Å². The van der Waals surface area contributed by atoms with Crippen LogP contribution in [0.1, 0.15) is 149 Å². The lowest BCUT2D eigenvalue weighted by molar-refractivity contribution is -0.124. The monoisotopic (exact) mass is 793 g/mol. The van der Waals surface area contributed by atoms with Crippen LogP contribution in [0.5, 0.6) is 0 Å². The van der Waals surface area contributed by atoms with Crippen molar-refractivity contribution in [2.75, 3.05) is 31.9 Å². The molecule has 0 heterocycles. The van der Waals surface area contributed by atoms with Gasteiger partial charge in [0.1, 0.15) is 0 Å². The van der Waals surface area contributed by atoms with E-state index < -0.39 is 16.2 Å². The molecule has 0 unspecified atom stereocenters. The van der Waals surface area contributed by atoms with Gasteiger partial charge in [-0.1, -0.05) is 111 Å². The lowest BCUT2D eigenvalue weighted by Gasteiger charge is -2.25. The Kier molecular flexibility index (Phi) is 18.2. The Morgan fingerprint density at radius 1 is 0.368 bits per heavy atom. The molecule has 0 fully saturated rings. The van der Waals surface area contributed by atoms with Gasteiger partial charge in [0.25, 0.3) is 0 Å². The molecular weight excluding hydrogens is 721 g/mol. The summed E-state index contributed by atoms with van der Waals surface area (Å²) >= 11 is 0. The maximum atomic E-state index is 12.7. The smallest absolute Gasteiger partial charge is 0.230 e. The quantitative estimate of drug-likeness (QED) is 0.105. The minimum atomic E-state index is -0.531. The van der Waals surface area contributed by atoms with Crippen LogP contribution in [0.25, 0.3) is 0 Å². The summed E-state index contributed by atoms with van der Waals surface area (Å²) in [5.74, 6) is -0.724. The molecular formula is C45H72N6O6. The molecule has 6 amide bonds. The van der Waals surface area contributed by atoms with E-state index in [2.05, 4.69) is 31.9 Å². The molecule has 0 radical (unpaired) electrons. The van der Waals surface area contributed by atoms with Gasteiger partial charge < -0.3 is 31.9 Å². The highest BCUT2D eigenvalue weighted by molar-refractivity contribution is 6.01. The first kappa shape index (κ1) is 50.3. The van der Waals surface area contributed by atoms with Crippen LogP contribution in [0.15, 0.2) is 36.4 Å². The fourth-order valence-corrected chi connectivity index (χ4v) is 4.69. The summed E-state index contributed by atoms with van der Waals surface area (Å²) in [5, 5.41) is 17.2. The number of rotatable bonds is 15. The first-order chi connectivity index (χ1) is 25.9. The van der Waals surface area contributed by atoms with E-state index in [-0.39, 0.29) is 46.3 Å². The molecule has 0 aliphatic rings. The van der Waals surface area contributed by atoms with Gasteiger partial charge in [0.05, 0.1) is 0 Å². The number of hydrogen-bond donors (Lipinski definition) is 6. The molecule has 318 valence electrons. The van der Waals surface area contributed by atoms with E-state index in [4.69, 9.17) is 0 Å². The van der Waals surface area contributed by atoms with Crippen molar-refractivity contribution in [2.24, 2.45) is 27.1 Å². The lowest BCUT2D eigenvalue weighted by atomic mass is 9.88. The Morgan fingerprint density at radius 3 is 0.772 bits per heavy atom. The van der Waals surface area contributed by atoms with Gasteiger partial charge in [-0.25, -0.2) is 0 Å². The van der Waals surface area contributed by atoms with Crippen molar-refractivity contribution in [1.82, 2.24) is 0 Å². The van der Waals surface area contributed by atoms with Crippen molar-refractivity contribution in [3.8, 4) is 0 Å². The number of carbonyl (C=O) groups is 6. The predicted octanol–water partition coefficient (Wildman–Crippen LogP) is 10.6. The van der Waals surface area contributed by atoms with E-state index in [0.29, 0.717) is 72.6 Å². The zero-order valence-corrected chi connectivity index (χ0v) is 37.7. The van der Waals surface area contributed by atoms with E-state index in [1.165, 1.54) is 0 Å². The van der Waals surface area contributed by atoms with E-state index in [1.54, 1.807) is 43.3 Å². The normalized spacial score (nSPS) is 12.0. The molecule has 0 aliphatic carbocycles. The Morgan fingerprint density at radius 2 is 0.579 bits per heavy atom. The molecule has 6 N–H and O–H groups in total. The van der Waals surface area contributed by atoms with Gasteiger partial charge in [0.15, 0.2) is 0 Å². The van der Waals surface area contributed by atoms with E-state index in [0.717, 1.165) is 0 Å².